The van der Waals surface area contributed by atoms with Gasteiger partial charge in [-0.25, -0.2) is 9.18 Å². The average molecular weight is 309 g/mol. The molecule has 0 saturated carbocycles. The van der Waals surface area contributed by atoms with Gasteiger partial charge in [-0.15, -0.1) is 0 Å². The molecule has 21 heavy (non-hydrogen) atoms. The van der Waals surface area contributed by atoms with E-state index in [0.29, 0.717) is 17.2 Å². The van der Waals surface area contributed by atoms with Crippen LogP contribution in [0.25, 0.3) is 0 Å². The molecular weight excluding hydrogens is 295 g/mol. The number of esters is 1. The van der Waals surface area contributed by atoms with Gasteiger partial charge in [-0.2, -0.15) is 0 Å². The quantitative estimate of drug-likeness (QED) is 0.784. The fourth-order valence-corrected chi connectivity index (χ4v) is 2.01. The van der Waals surface area contributed by atoms with Crippen LogP contribution in [0.15, 0.2) is 42.5 Å². The summed E-state index contributed by atoms with van der Waals surface area (Å²) in [4.78, 5) is 11.3. The number of halogens is 2. The Hall–Kier alpha value is -1.91. The number of hydrogen-bond acceptors (Lipinski definition) is 3. The Morgan fingerprint density at radius 3 is 2.62 bits per heavy atom. The molecular formula is C16H14ClFO3. The molecule has 0 bridgehead atoms. The van der Waals surface area contributed by atoms with E-state index in [9.17, 15) is 9.18 Å². The highest BCUT2D eigenvalue weighted by atomic mass is 35.5. The summed E-state index contributed by atoms with van der Waals surface area (Å²) < 4.78 is 23.7. The lowest BCUT2D eigenvalue weighted by molar-refractivity contribution is 0.0595. The van der Waals surface area contributed by atoms with Gasteiger partial charge < -0.3 is 9.47 Å². The van der Waals surface area contributed by atoms with Crippen LogP contribution in [0.2, 0.25) is 5.02 Å². The van der Waals surface area contributed by atoms with Crippen molar-refractivity contribution in [1.29, 1.82) is 0 Å². The zero-order chi connectivity index (χ0) is 15.2. The van der Waals surface area contributed by atoms with Crippen molar-refractivity contribution in [3.05, 3.63) is 70.0 Å². The molecule has 2 rings (SSSR count). The molecule has 0 fully saturated rings. The Bertz CT molecular complexity index is 643. The molecule has 0 aliphatic rings. The van der Waals surface area contributed by atoms with Crippen LogP contribution >= 0.6 is 11.6 Å². The van der Waals surface area contributed by atoms with E-state index in [0.717, 1.165) is 5.56 Å². The molecule has 0 saturated heterocycles. The molecule has 2 aromatic rings. The molecule has 0 unspecified atom stereocenters. The summed E-state index contributed by atoms with van der Waals surface area (Å²) in [5, 5.41) is 0.629. The summed E-state index contributed by atoms with van der Waals surface area (Å²) in [7, 11) is 1.21. The molecule has 3 nitrogen and oxygen atoms in total. The number of benzene rings is 2. The van der Waals surface area contributed by atoms with E-state index in [1.54, 1.807) is 12.1 Å². The topological polar surface area (TPSA) is 35.5 Å². The number of rotatable bonds is 5. The molecule has 0 spiro atoms. The number of hydrogen-bond donors (Lipinski definition) is 0. The second-order valence-electron chi connectivity index (χ2n) is 4.39. The minimum absolute atomic E-state index is 0.0904. The maximum absolute atomic E-state index is 13.7. The van der Waals surface area contributed by atoms with Crippen molar-refractivity contribution in [2.24, 2.45) is 0 Å². The van der Waals surface area contributed by atoms with Gasteiger partial charge >= 0.3 is 5.97 Å². The van der Waals surface area contributed by atoms with Crippen LogP contribution in [0.1, 0.15) is 21.5 Å². The van der Waals surface area contributed by atoms with Gasteiger partial charge in [-0.3, -0.25) is 0 Å². The van der Waals surface area contributed by atoms with Crippen LogP contribution in [0, 0.1) is 5.82 Å². The fourth-order valence-electron chi connectivity index (χ4n) is 1.82. The Labute approximate surface area is 127 Å². The summed E-state index contributed by atoms with van der Waals surface area (Å²) in [6.45, 7) is 0.559. The van der Waals surface area contributed by atoms with Crippen molar-refractivity contribution < 1.29 is 18.7 Å². The zero-order valence-corrected chi connectivity index (χ0v) is 12.2. The number of carbonyl (C=O) groups is 1. The molecule has 0 atom stereocenters. The van der Waals surface area contributed by atoms with Gasteiger partial charge in [0, 0.05) is 5.02 Å². The third-order valence-corrected chi connectivity index (χ3v) is 3.29. The molecule has 0 heterocycles. The van der Waals surface area contributed by atoms with Crippen LogP contribution in [-0.4, -0.2) is 13.1 Å². The standard InChI is InChI=1S/C16H14ClFO3/c1-20-16(19)13-7-6-11(8-15(13)18)9-21-10-12-4-2-3-5-14(12)17/h2-8H,9-10H2,1H3. The van der Waals surface area contributed by atoms with Gasteiger partial charge in [0.05, 0.1) is 25.9 Å². The highest BCUT2D eigenvalue weighted by molar-refractivity contribution is 6.31. The molecule has 0 aromatic heterocycles. The molecule has 0 amide bonds. The van der Waals surface area contributed by atoms with Gasteiger partial charge in [-0.1, -0.05) is 35.9 Å². The molecule has 2 aromatic carbocycles. The normalized spacial score (nSPS) is 10.4. The largest absolute Gasteiger partial charge is 0.465 e. The van der Waals surface area contributed by atoms with Gasteiger partial charge in [0.2, 0.25) is 0 Å². The molecule has 0 aliphatic carbocycles. The van der Waals surface area contributed by atoms with Gasteiger partial charge in [0.1, 0.15) is 5.82 Å². The van der Waals surface area contributed by atoms with E-state index in [-0.39, 0.29) is 12.2 Å². The molecule has 0 N–H and O–H groups in total. The average Bonchev–Trinajstić information content (AvgIpc) is 2.48. The SMILES string of the molecule is COC(=O)c1ccc(COCc2ccccc2Cl)cc1F. The Kier molecular flexibility index (Phi) is 5.31. The summed E-state index contributed by atoms with van der Waals surface area (Å²) in [5.74, 6) is -1.32. The highest BCUT2D eigenvalue weighted by Gasteiger charge is 2.12. The van der Waals surface area contributed by atoms with Crippen molar-refractivity contribution in [2.45, 2.75) is 13.2 Å². The van der Waals surface area contributed by atoms with E-state index < -0.39 is 11.8 Å². The second kappa shape index (κ2) is 7.20. The maximum Gasteiger partial charge on any atom is 0.340 e. The number of carbonyl (C=O) groups excluding carboxylic acids is 1. The van der Waals surface area contributed by atoms with Crippen molar-refractivity contribution >= 4 is 17.6 Å². The van der Waals surface area contributed by atoms with Gasteiger partial charge in [-0.05, 0) is 29.3 Å². The second-order valence-corrected chi connectivity index (χ2v) is 4.80. The highest BCUT2D eigenvalue weighted by Crippen LogP contribution is 2.17. The van der Waals surface area contributed by atoms with Crippen LogP contribution in [0.5, 0.6) is 0 Å². The minimum Gasteiger partial charge on any atom is -0.465 e. The van der Waals surface area contributed by atoms with Crippen molar-refractivity contribution in [2.75, 3.05) is 7.11 Å². The van der Waals surface area contributed by atoms with Crippen molar-refractivity contribution in [3.63, 3.8) is 0 Å². The lowest BCUT2D eigenvalue weighted by Gasteiger charge is -2.07. The smallest absolute Gasteiger partial charge is 0.340 e. The molecule has 110 valence electrons. The van der Waals surface area contributed by atoms with E-state index in [2.05, 4.69) is 4.74 Å². The lowest BCUT2D eigenvalue weighted by atomic mass is 10.1. The third kappa shape index (κ3) is 4.03. The first-order chi connectivity index (χ1) is 10.1. The van der Waals surface area contributed by atoms with Crippen LogP contribution in [-0.2, 0) is 22.7 Å². The van der Waals surface area contributed by atoms with Crippen molar-refractivity contribution in [1.82, 2.24) is 0 Å². The Morgan fingerprint density at radius 2 is 1.95 bits per heavy atom. The first-order valence-electron chi connectivity index (χ1n) is 6.29. The van der Waals surface area contributed by atoms with E-state index in [1.165, 1.54) is 19.2 Å². The number of ether oxygens (including phenoxy) is 2. The monoisotopic (exact) mass is 308 g/mol. The lowest BCUT2D eigenvalue weighted by Crippen LogP contribution is -2.05. The molecule has 0 radical (unpaired) electrons. The first kappa shape index (κ1) is 15.5. The fraction of sp³-hybridized carbons (Fsp3) is 0.188. The van der Waals surface area contributed by atoms with Gasteiger partial charge in [0.25, 0.3) is 0 Å². The van der Waals surface area contributed by atoms with E-state index in [4.69, 9.17) is 16.3 Å². The van der Waals surface area contributed by atoms with Crippen LogP contribution in [0.4, 0.5) is 4.39 Å². The summed E-state index contributed by atoms with van der Waals surface area (Å²) >= 11 is 6.01. The molecule has 0 aliphatic heterocycles. The van der Waals surface area contributed by atoms with Crippen molar-refractivity contribution in [3.8, 4) is 0 Å². The summed E-state index contributed by atoms with van der Waals surface area (Å²) in [5.41, 5.74) is 1.41. The van der Waals surface area contributed by atoms with Crippen LogP contribution < -0.4 is 0 Å². The van der Waals surface area contributed by atoms with E-state index in [1.807, 2.05) is 18.2 Å². The number of methoxy groups -OCH3 is 1. The van der Waals surface area contributed by atoms with Crippen LogP contribution in [0.3, 0.4) is 0 Å². The zero-order valence-electron chi connectivity index (χ0n) is 11.4. The maximum atomic E-state index is 13.7. The third-order valence-electron chi connectivity index (χ3n) is 2.92. The van der Waals surface area contributed by atoms with E-state index >= 15 is 0 Å². The predicted octanol–water partition coefficient (Wildman–Crippen LogP) is 3.98. The first-order valence-corrected chi connectivity index (χ1v) is 6.67. The predicted molar refractivity (Wildman–Crippen MR) is 77.7 cm³/mol. The Balaban J connectivity index is 1.97. The molecule has 5 heteroatoms. The Morgan fingerprint density at radius 1 is 1.19 bits per heavy atom. The summed E-state index contributed by atoms with van der Waals surface area (Å²) in [6.07, 6.45) is 0. The minimum atomic E-state index is -0.698. The van der Waals surface area contributed by atoms with Gasteiger partial charge in [0.15, 0.2) is 0 Å². The summed E-state index contributed by atoms with van der Waals surface area (Å²) in [6, 6.07) is 11.6.